The normalized spacial score (nSPS) is 30.4. The number of fused-ring (bicyclic) bond motifs is 1. The quantitative estimate of drug-likeness (QED) is 0.906. The molecule has 2 heterocycles. The summed E-state index contributed by atoms with van der Waals surface area (Å²) < 4.78 is 37.6. The molecule has 0 amide bonds. The topological polar surface area (TPSA) is 23.5 Å². The molecule has 116 valence electrons. The summed E-state index contributed by atoms with van der Waals surface area (Å²) >= 11 is 0. The number of piperidine rings is 1. The fraction of sp³-hybridized carbons (Fsp3) is 0.625. The van der Waals surface area contributed by atoms with Crippen molar-refractivity contribution in [1.82, 2.24) is 4.90 Å². The van der Waals surface area contributed by atoms with Gasteiger partial charge in [-0.15, -0.1) is 0 Å². The first-order chi connectivity index (χ1) is 9.86. The molecule has 0 bridgehead atoms. The van der Waals surface area contributed by atoms with Crippen LogP contribution in [0.2, 0.25) is 0 Å². The molecule has 2 aliphatic heterocycles. The van der Waals surface area contributed by atoms with Gasteiger partial charge in [-0.25, -0.2) is 0 Å². The number of alkyl halides is 3. The SMILES string of the molecule is OC1(Cc2ccc(C(F)(F)F)cc2)CCN2CCCC2C1. The summed E-state index contributed by atoms with van der Waals surface area (Å²) in [6.07, 6.45) is -0.130. The Morgan fingerprint density at radius 1 is 1.19 bits per heavy atom. The molecular formula is C16H20F3NO. The third-order valence-corrected chi connectivity index (χ3v) is 4.79. The van der Waals surface area contributed by atoms with Gasteiger partial charge in [-0.05, 0) is 49.9 Å². The standard InChI is InChI=1S/C16H20F3NO/c17-16(18,19)13-5-3-12(4-6-13)10-15(21)7-9-20-8-1-2-14(20)11-15/h3-6,14,21H,1-2,7-11H2. The molecule has 0 saturated carbocycles. The van der Waals surface area contributed by atoms with E-state index < -0.39 is 17.3 Å². The first-order valence-electron chi connectivity index (χ1n) is 7.48. The first-order valence-corrected chi connectivity index (χ1v) is 7.48. The molecule has 0 aromatic heterocycles. The van der Waals surface area contributed by atoms with Gasteiger partial charge in [-0.3, -0.25) is 0 Å². The van der Waals surface area contributed by atoms with Gasteiger partial charge in [-0.2, -0.15) is 13.2 Å². The number of halogens is 3. The molecule has 1 aromatic rings. The largest absolute Gasteiger partial charge is 0.416 e. The summed E-state index contributed by atoms with van der Waals surface area (Å²) in [5, 5.41) is 10.8. The van der Waals surface area contributed by atoms with Crippen LogP contribution in [0.5, 0.6) is 0 Å². The molecule has 2 saturated heterocycles. The van der Waals surface area contributed by atoms with E-state index in [4.69, 9.17) is 0 Å². The highest BCUT2D eigenvalue weighted by atomic mass is 19.4. The van der Waals surface area contributed by atoms with E-state index in [0.717, 1.165) is 43.6 Å². The van der Waals surface area contributed by atoms with E-state index in [-0.39, 0.29) is 0 Å². The van der Waals surface area contributed by atoms with Crippen LogP contribution >= 0.6 is 0 Å². The monoisotopic (exact) mass is 299 g/mol. The second-order valence-electron chi connectivity index (χ2n) is 6.38. The van der Waals surface area contributed by atoms with E-state index in [9.17, 15) is 18.3 Å². The van der Waals surface area contributed by atoms with E-state index >= 15 is 0 Å². The summed E-state index contributed by atoms with van der Waals surface area (Å²) in [4.78, 5) is 2.42. The van der Waals surface area contributed by atoms with Gasteiger partial charge in [0.15, 0.2) is 0 Å². The Labute approximate surface area is 122 Å². The smallest absolute Gasteiger partial charge is 0.389 e. The van der Waals surface area contributed by atoms with E-state index in [2.05, 4.69) is 4.90 Å². The first kappa shape index (κ1) is 14.9. The van der Waals surface area contributed by atoms with Gasteiger partial charge in [-0.1, -0.05) is 12.1 Å². The zero-order chi connectivity index (χ0) is 15.1. The lowest BCUT2D eigenvalue weighted by Crippen LogP contribution is -2.48. The molecule has 2 atom stereocenters. The zero-order valence-electron chi connectivity index (χ0n) is 11.9. The minimum atomic E-state index is -4.30. The van der Waals surface area contributed by atoms with Crippen LogP contribution in [0.15, 0.2) is 24.3 Å². The Bertz CT molecular complexity index is 499. The lowest BCUT2D eigenvalue weighted by molar-refractivity contribution is -0.137. The van der Waals surface area contributed by atoms with Gasteiger partial charge >= 0.3 is 6.18 Å². The number of hydrogen-bond acceptors (Lipinski definition) is 2. The summed E-state index contributed by atoms with van der Waals surface area (Å²) in [6, 6.07) is 5.62. The summed E-state index contributed by atoms with van der Waals surface area (Å²) in [5.41, 5.74) is -0.633. The second kappa shape index (κ2) is 5.29. The van der Waals surface area contributed by atoms with Gasteiger partial charge in [0, 0.05) is 19.0 Å². The van der Waals surface area contributed by atoms with Crippen molar-refractivity contribution in [1.29, 1.82) is 0 Å². The van der Waals surface area contributed by atoms with Gasteiger partial charge in [0.05, 0.1) is 11.2 Å². The van der Waals surface area contributed by atoms with Crippen LogP contribution in [-0.2, 0) is 12.6 Å². The van der Waals surface area contributed by atoms with Crippen molar-refractivity contribution in [2.75, 3.05) is 13.1 Å². The van der Waals surface area contributed by atoms with Crippen molar-refractivity contribution in [3.05, 3.63) is 35.4 Å². The Morgan fingerprint density at radius 3 is 2.57 bits per heavy atom. The number of rotatable bonds is 2. The second-order valence-corrected chi connectivity index (χ2v) is 6.38. The molecule has 0 spiro atoms. The highest BCUT2D eigenvalue weighted by Gasteiger charge is 2.40. The molecule has 1 N–H and O–H groups in total. The average molecular weight is 299 g/mol. The van der Waals surface area contributed by atoms with E-state index in [1.165, 1.54) is 18.6 Å². The molecule has 0 aliphatic carbocycles. The van der Waals surface area contributed by atoms with Crippen molar-refractivity contribution in [3.63, 3.8) is 0 Å². The highest BCUT2D eigenvalue weighted by Crippen LogP contribution is 2.35. The molecule has 21 heavy (non-hydrogen) atoms. The molecule has 2 fully saturated rings. The average Bonchev–Trinajstić information content (AvgIpc) is 2.84. The lowest BCUT2D eigenvalue weighted by Gasteiger charge is -2.41. The maximum Gasteiger partial charge on any atom is 0.416 e. The number of hydrogen-bond donors (Lipinski definition) is 1. The molecule has 3 rings (SSSR count). The van der Waals surface area contributed by atoms with E-state index in [1.54, 1.807) is 0 Å². The van der Waals surface area contributed by atoms with E-state index in [1.807, 2.05) is 0 Å². The minimum Gasteiger partial charge on any atom is -0.389 e. The van der Waals surface area contributed by atoms with Crippen molar-refractivity contribution < 1.29 is 18.3 Å². The Balaban J connectivity index is 1.68. The lowest BCUT2D eigenvalue weighted by atomic mass is 9.82. The van der Waals surface area contributed by atoms with Gasteiger partial charge in [0.1, 0.15) is 0 Å². The Kier molecular flexibility index (Phi) is 3.74. The molecule has 0 radical (unpaired) electrons. The molecule has 1 aromatic carbocycles. The molecule has 2 aliphatic rings. The number of benzene rings is 1. The van der Waals surface area contributed by atoms with Gasteiger partial charge in [0.25, 0.3) is 0 Å². The molecule has 2 nitrogen and oxygen atoms in total. The summed E-state index contributed by atoms with van der Waals surface area (Å²) in [6.45, 7) is 2.00. The molecule has 5 heteroatoms. The van der Waals surface area contributed by atoms with Crippen LogP contribution in [-0.4, -0.2) is 34.7 Å². The van der Waals surface area contributed by atoms with Gasteiger partial charge in [0.2, 0.25) is 0 Å². The van der Waals surface area contributed by atoms with Crippen LogP contribution in [0.1, 0.15) is 36.8 Å². The third-order valence-electron chi connectivity index (χ3n) is 4.79. The Hall–Kier alpha value is -1.07. The van der Waals surface area contributed by atoms with Crippen LogP contribution in [0.4, 0.5) is 13.2 Å². The molecular weight excluding hydrogens is 279 g/mol. The highest BCUT2D eigenvalue weighted by molar-refractivity contribution is 5.26. The number of nitrogens with zero attached hydrogens (tertiary/aromatic N) is 1. The minimum absolute atomic E-state index is 0.440. The predicted octanol–water partition coefficient (Wildman–Crippen LogP) is 3.24. The fourth-order valence-electron chi connectivity index (χ4n) is 3.67. The van der Waals surface area contributed by atoms with Crippen LogP contribution in [0.3, 0.4) is 0 Å². The van der Waals surface area contributed by atoms with E-state index in [0.29, 0.717) is 18.9 Å². The van der Waals surface area contributed by atoms with Crippen LogP contribution < -0.4 is 0 Å². The predicted molar refractivity (Wildman–Crippen MR) is 73.9 cm³/mol. The van der Waals surface area contributed by atoms with Crippen molar-refractivity contribution >= 4 is 0 Å². The van der Waals surface area contributed by atoms with Crippen molar-refractivity contribution in [2.24, 2.45) is 0 Å². The zero-order valence-corrected chi connectivity index (χ0v) is 11.9. The summed E-state index contributed by atoms with van der Waals surface area (Å²) in [7, 11) is 0. The maximum atomic E-state index is 12.5. The fourth-order valence-corrected chi connectivity index (χ4v) is 3.67. The summed E-state index contributed by atoms with van der Waals surface area (Å²) in [5.74, 6) is 0. The maximum absolute atomic E-state index is 12.5. The Morgan fingerprint density at radius 2 is 1.90 bits per heavy atom. The van der Waals surface area contributed by atoms with Gasteiger partial charge < -0.3 is 10.0 Å². The van der Waals surface area contributed by atoms with Crippen LogP contribution in [0.25, 0.3) is 0 Å². The third kappa shape index (κ3) is 3.24. The van der Waals surface area contributed by atoms with Crippen LogP contribution in [0, 0.1) is 0 Å². The van der Waals surface area contributed by atoms with Crippen molar-refractivity contribution in [2.45, 2.75) is 49.9 Å². The van der Waals surface area contributed by atoms with Crippen molar-refractivity contribution in [3.8, 4) is 0 Å². The number of aliphatic hydroxyl groups is 1. The molecule has 2 unspecified atom stereocenters.